The van der Waals surface area contributed by atoms with Crippen LogP contribution < -0.4 is 0 Å². The fourth-order valence-corrected chi connectivity index (χ4v) is 1.92. The fraction of sp³-hybridized carbons (Fsp3) is 0. The Bertz CT molecular complexity index is 687. The summed E-state index contributed by atoms with van der Waals surface area (Å²) in [5, 5.41) is 9.84. The van der Waals surface area contributed by atoms with Crippen LogP contribution in [0.1, 0.15) is 16.7 Å². The van der Waals surface area contributed by atoms with Crippen LogP contribution in [0.5, 0.6) is 0 Å². The number of nitriles is 1. The number of nitrogens with zero attached hydrogens (tertiary/aromatic N) is 1. The van der Waals surface area contributed by atoms with E-state index >= 15 is 0 Å². The zero-order valence-corrected chi connectivity index (χ0v) is 11.2. The molecule has 0 unspecified atom stereocenters. The monoisotopic (exact) mass is 291 g/mol. The fourth-order valence-electron chi connectivity index (χ4n) is 1.59. The maximum Gasteiger partial charge on any atom is 0.131 e. The van der Waals surface area contributed by atoms with E-state index in [1.54, 1.807) is 42.5 Å². The highest BCUT2D eigenvalue weighted by Gasteiger charge is 2.02. The number of rotatable bonds is 2. The second kappa shape index (κ2) is 5.88. The molecule has 0 atom stereocenters. The Kier molecular flexibility index (Phi) is 4.21. The summed E-state index contributed by atoms with van der Waals surface area (Å²) in [6.45, 7) is 0. The molecule has 4 heteroatoms. The van der Waals surface area contributed by atoms with E-state index in [9.17, 15) is 4.39 Å². The predicted octanol–water partition coefficient (Wildman–Crippen LogP) is 5.17. The van der Waals surface area contributed by atoms with Gasteiger partial charge in [0.2, 0.25) is 0 Å². The van der Waals surface area contributed by atoms with Crippen molar-refractivity contribution in [3.8, 4) is 6.07 Å². The number of hydrogen-bond acceptors (Lipinski definition) is 1. The number of benzene rings is 2. The van der Waals surface area contributed by atoms with Gasteiger partial charge in [0.15, 0.2) is 0 Å². The molecule has 0 spiro atoms. The first kappa shape index (κ1) is 13.6. The van der Waals surface area contributed by atoms with Crippen LogP contribution in [0.15, 0.2) is 36.4 Å². The summed E-state index contributed by atoms with van der Waals surface area (Å²) in [7, 11) is 0. The quantitative estimate of drug-likeness (QED) is 0.700. The van der Waals surface area contributed by atoms with Crippen molar-refractivity contribution in [1.82, 2.24) is 0 Å². The van der Waals surface area contributed by atoms with Crippen molar-refractivity contribution in [2.75, 3.05) is 0 Å². The maximum absolute atomic E-state index is 13.6. The SMILES string of the molecule is N#Cc1cc(Cl)ccc1/C=C/c1ccc(Cl)cc1F. The van der Waals surface area contributed by atoms with Gasteiger partial charge in [-0.15, -0.1) is 0 Å². The van der Waals surface area contributed by atoms with E-state index in [1.807, 2.05) is 6.07 Å². The molecule has 0 radical (unpaired) electrons. The van der Waals surface area contributed by atoms with Gasteiger partial charge in [-0.3, -0.25) is 0 Å². The molecule has 0 aromatic heterocycles. The summed E-state index contributed by atoms with van der Waals surface area (Å²) in [5.41, 5.74) is 1.53. The van der Waals surface area contributed by atoms with Gasteiger partial charge in [-0.1, -0.05) is 47.5 Å². The van der Waals surface area contributed by atoms with E-state index in [0.717, 1.165) is 0 Å². The Morgan fingerprint density at radius 2 is 1.53 bits per heavy atom. The average molecular weight is 292 g/mol. The highest BCUT2D eigenvalue weighted by molar-refractivity contribution is 6.31. The van der Waals surface area contributed by atoms with Gasteiger partial charge in [0.25, 0.3) is 0 Å². The Labute approximate surface area is 120 Å². The van der Waals surface area contributed by atoms with E-state index in [4.69, 9.17) is 28.5 Å². The third-order valence-corrected chi connectivity index (χ3v) is 3.01. The van der Waals surface area contributed by atoms with E-state index in [-0.39, 0.29) is 0 Å². The van der Waals surface area contributed by atoms with Crippen molar-refractivity contribution >= 4 is 35.4 Å². The van der Waals surface area contributed by atoms with E-state index < -0.39 is 5.82 Å². The first-order chi connectivity index (χ1) is 9.10. The van der Waals surface area contributed by atoms with Crippen molar-refractivity contribution in [3.05, 3.63) is 69.0 Å². The van der Waals surface area contributed by atoms with Gasteiger partial charge in [0.1, 0.15) is 5.82 Å². The van der Waals surface area contributed by atoms with Crippen LogP contribution in [0.3, 0.4) is 0 Å². The van der Waals surface area contributed by atoms with Crippen LogP contribution in [0, 0.1) is 17.1 Å². The molecule has 0 aliphatic carbocycles. The molecule has 0 saturated heterocycles. The van der Waals surface area contributed by atoms with Crippen molar-refractivity contribution in [2.24, 2.45) is 0 Å². The van der Waals surface area contributed by atoms with Crippen LogP contribution in [-0.2, 0) is 0 Å². The van der Waals surface area contributed by atoms with Gasteiger partial charge in [-0.25, -0.2) is 4.39 Å². The van der Waals surface area contributed by atoms with Gasteiger partial charge >= 0.3 is 0 Å². The lowest BCUT2D eigenvalue weighted by Gasteiger charge is -2.00. The minimum absolute atomic E-state index is 0.346. The summed E-state index contributed by atoms with van der Waals surface area (Å²) in [6.07, 6.45) is 3.26. The maximum atomic E-state index is 13.6. The van der Waals surface area contributed by atoms with Gasteiger partial charge < -0.3 is 0 Å². The van der Waals surface area contributed by atoms with E-state index in [0.29, 0.717) is 26.7 Å². The second-order valence-electron chi connectivity index (χ2n) is 3.84. The molecule has 2 aromatic rings. The number of hydrogen-bond donors (Lipinski definition) is 0. The smallest absolute Gasteiger partial charge is 0.131 e. The third kappa shape index (κ3) is 3.35. The van der Waals surface area contributed by atoms with E-state index in [2.05, 4.69) is 0 Å². The molecule has 1 nitrogen and oxygen atoms in total. The lowest BCUT2D eigenvalue weighted by Crippen LogP contribution is -1.83. The van der Waals surface area contributed by atoms with Crippen molar-refractivity contribution in [2.45, 2.75) is 0 Å². The Morgan fingerprint density at radius 3 is 2.16 bits per heavy atom. The first-order valence-corrected chi connectivity index (χ1v) is 6.18. The molecule has 0 bridgehead atoms. The topological polar surface area (TPSA) is 23.8 Å². The second-order valence-corrected chi connectivity index (χ2v) is 4.72. The third-order valence-electron chi connectivity index (χ3n) is 2.54. The molecule has 0 aliphatic heterocycles. The molecule has 0 N–H and O–H groups in total. The van der Waals surface area contributed by atoms with Crippen LogP contribution in [0.25, 0.3) is 12.2 Å². The van der Waals surface area contributed by atoms with Crippen LogP contribution in [0.2, 0.25) is 10.0 Å². The molecular weight excluding hydrogens is 284 g/mol. The van der Waals surface area contributed by atoms with Crippen LogP contribution in [-0.4, -0.2) is 0 Å². The highest BCUT2D eigenvalue weighted by atomic mass is 35.5. The van der Waals surface area contributed by atoms with Gasteiger partial charge in [0, 0.05) is 15.6 Å². The van der Waals surface area contributed by atoms with Crippen LogP contribution in [0.4, 0.5) is 4.39 Å². The lowest BCUT2D eigenvalue weighted by molar-refractivity contribution is 0.625. The summed E-state index contributed by atoms with van der Waals surface area (Å²) >= 11 is 11.5. The largest absolute Gasteiger partial charge is 0.206 e. The van der Waals surface area contributed by atoms with Gasteiger partial charge in [0.05, 0.1) is 11.6 Å². The minimum atomic E-state index is -0.406. The molecule has 2 aromatic carbocycles. The van der Waals surface area contributed by atoms with Crippen molar-refractivity contribution < 1.29 is 4.39 Å². The minimum Gasteiger partial charge on any atom is -0.206 e. The molecule has 0 amide bonds. The Morgan fingerprint density at radius 1 is 0.947 bits per heavy atom. The molecule has 0 heterocycles. The predicted molar refractivity (Wildman–Crippen MR) is 76.5 cm³/mol. The summed E-state index contributed by atoms with van der Waals surface area (Å²) in [5.74, 6) is -0.406. The Hall–Kier alpha value is -1.82. The summed E-state index contributed by atoms with van der Waals surface area (Å²) in [4.78, 5) is 0. The van der Waals surface area contributed by atoms with Gasteiger partial charge in [-0.2, -0.15) is 5.26 Å². The summed E-state index contributed by atoms with van der Waals surface area (Å²) in [6, 6.07) is 11.4. The average Bonchev–Trinajstić information content (AvgIpc) is 2.39. The van der Waals surface area contributed by atoms with Gasteiger partial charge in [-0.05, 0) is 29.8 Å². The molecule has 0 aliphatic rings. The Balaban J connectivity index is 2.35. The summed E-state index contributed by atoms with van der Waals surface area (Å²) < 4.78 is 13.6. The molecule has 2 rings (SSSR count). The highest BCUT2D eigenvalue weighted by Crippen LogP contribution is 2.20. The standard InChI is InChI=1S/C15H8Cl2FN/c16-13-5-3-10(12(7-13)9-19)1-2-11-4-6-14(17)8-15(11)18/h1-8H/b2-1+. The zero-order chi connectivity index (χ0) is 13.8. The lowest BCUT2D eigenvalue weighted by atomic mass is 10.1. The number of halogens is 3. The normalized spacial score (nSPS) is 10.6. The van der Waals surface area contributed by atoms with Crippen molar-refractivity contribution in [1.29, 1.82) is 5.26 Å². The molecule has 0 fully saturated rings. The first-order valence-electron chi connectivity index (χ1n) is 5.43. The van der Waals surface area contributed by atoms with Crippen LogP contribution >= 0.6 is 23.2 Å². The van der Waals surface area contributed by atoms with Crippen molar-refractivity contribution in [3.63, 3.8) is 0 Å². The molecule has 19 heavy (non-hydrogen) atoms. The molecular formula is C15H8Cl2FN. The molecule has 94 valence electrons. The zero-order valence-electron chi connectivity index (χ0n) is 9.70. The molecule has 0 saturated carbocycles. The van der Waals surface area contributed by atoms with E-state index in [1.165, 1.54) is 6.07 Å².